The molecule has 1 atom stereocenters. The van der Waals surface area contributed by atoms with E-state index in [0.29, 0.717) is 12.0 Å². The highest BCUT2D eigenvalue weighted by molar-refractivity contribution is 5.30. The SMILES string of the molecule is CNC(Cc1cc(F)cc(F)c1)Cc1ccc(C)c(C)c1. The summed E-state index contributed by atoms with van der Waals surface area (Å²) in [7, 11) is 1.88. The molecule has 0 aliphatic rings. The summed E-state index contributed by atoms with van der Waals surface area (Å²) in [6.07, 6.45) is 1.42. The van der Waals surface area contributed by atoms with Gasteiger partial charge >= 0.3 is 0 Å². The molecule has 2 aromatic carbocycles. The number of hydrogen-bond donors (Lipinski definition) is 1. The topological polar surface area (TPSA) is 12.0 Å². The normalized spacial score (nSPS) is 12.4. The lowest BCUT2D eigenvalue weighted by Crippen LogP contribution is -2.30. The van der Waals surface area contributed by atoms with Gasteiger partial charge in [-0.3, -0.25) is 0 Å². The molecule has 0 amide bonds. The van der Waals surface area contributed by atoms with Crippen molar-refractivity contribution in [2.45, 2.75) is 32.7 Å². The summed E-state index contributed by atoms with van der Waals surface area (Å²) in [6, 6.07) is 10.2. The Bertz CT molecular complexity index is 602. The average molecular weight is 289 g/mol. The zero-order chi connectivity index (χ0) is 15.4. The number of halogens is 2. The number of likely N-dealkylation sites (N-methyl/N-ethyl adjacent to an activating group) is 1. The fourth-order valence-electron chi connectivity index (χ4n) is 2.50. The molecular weight excluding hydrogens is 268 g/mol. The van der Waals surface area contributed by atoms with E-state index in [4.69, 9.17) is 0 Å². The van der Waals surface area contributed by atoms with Gasteiger partial charge in [-0.25, -0.2) is 8.78 Å². The maximum atomic E-state index is 13.2. The molecule has 0 aliphatic heterocycles. The average Bonchev–Trinajstić information content (AvgIpc) is 2.41. The highest BCUT2D eigenvalue weighted by atomic mass is 19.1. The van der Waals surface area contributed by atoms with E-state index >= 15 is 0 Å². The van der Waals surface area contributed by atoms with Crippen LogP contribution in [-0.2, 0) is 12.8 Å². The Hall–Kier alpha value is -1.74. The summed E-state index contributed by atoms with van der Waals surface area (Å²) >= 11 is 0. The molecule has 0 saturated heterocycles. The molecule has 2 rings (SSSR count). The van der Waals surface area contributed by atoms with Crippen LogP contribution in [0, 0.1) is 25.5 Å². The Kier molecular flexibility index (Phi) is 5.07. The van der Waals surface area contributed by atoms with Gasteiger partial charge < -0.3 is 5.32 Å². The van der Waals surface area contributed by atoms with Gasteiger partial charge in [0.1, 0.15) is 11.6 Å². The van der Waals surface area contributed by atoms with Gasteiger partial charge in [0.05, 0.1) is 0 Å². The minimum absolute atomic E-state index is 0.147. The van der Waals surface area contributed by atoms with Crippen molar-refractivity contribution in [1.82, 2.24) is 5.32 Å². The van der Waals surface area contributed by atoms with Gasteiger partial charge in [0.2, 0.25) is 0 Å². The minimum atomic E-state index is -0.522. The third-order valence-electron chi connectivity index (χ3n) is 3.87. The number of hydrogen-bond acceptors (Lipinski definition) is 1. The van der Waals surface area contributed by atoms with E-state index in [1.165, 1.54) is 28.8 Å². The molecule has 0 aromatic heterocycles. The number of nitrogens with one attached hydrogen (secondary N) is 1. The van der Waals surface area contributed by atoms with Crippen molar-refractivity contribution >= 4 is 0 Å². The van der Waals surface area contributed by atoms with E-state index in [1.54, 1.807) is 0 Å². The zero-order valence-corrected chi connectivity index (χ0v) is 12.7. The third-order valence-corrected chi connectivity index (χ3v) is 3.87. The maximum Gasteiger partial charge on any atom is 0.126 e. The number of aryl methyl sites for hydroxylation is 2. The highest BCUT2D eigenvalue weighted by Gasteiger charge is 2.11. The molecule has 0 spiro atoms. The van der Waals surface area contributed by atoms with Crippen molar-refractivity contribution in [3.05, 3.63) is 70.3 Å². The van der Waals surface area contributed by atoms with Gasteiger partial charge in [-0.1, -0.05) is 18.2 Å². The van der Waals surface area contributed by atoms with Crippen molar-refractivity contribution in [2.24, 2.45) is 0 Å². The lowest BCUT2D eigenvalue weighted by atomic mass is 9.97. The summed E-state index contributed by atoms with van der Waals surface area (Å²) in [6.45, 7) is 4.18. The first kappa shape index (κ1) is 15.6. The third kappa shape index (κ3) is 4.36. The minimum Gasteiger partial charge on any atom is -0.316 e. The Labute approximate surface area is 125 Å². The molecule has 0 radical (unpaired) electrons. The van der Waals surface area contributed by atoms with E-state index in [1.807, 2.05) is 7.05 Å². The van der Waals surface area contributed by atoms with Crippen LogP contribution >= 0.6 is 0 Å². The lowest BCUT2D eigenvalue weighted by Gasteiger charge is -2.17. The van der Waals surface area contributed by atoms with Crippen LogP contribution in [-0.4, -0.2) is 13.1 Å². The molecule has 21 heavy (non-hydrogen) atoms. The number of rotatable bonds is 5. The van der Waals surface area contributed by atoms with E-state index in [2.05, 4.69) is 37.4 Å². The molecule has 1 unspecified atom stereocenters. The second-order valence-electron chi connectivity index (χ2n) is 5.59. The van der Waals surface area contributed by atoms with Crippen LogP contribution in [0.5, 0.6) is 0 Å². The first-order valence-electron chi connectivity index (χ1n) is 7.16. The molecule has 1 nitrogen and oxygen atoms in total. The monoisotopic (exact) mass is 289 g/mol. The Morgan fingerprint density at radius 1 is 0.857 bits per heavy atom. The molecule has 2 aromatic rings. The molecule has 1 N–H and O–H groups in total. The second kappa shape index (κ2) is 6.81. The van der Waals surface area contributed by atoms with Gasteiger partial charge in [-0.15, -0.1) is 0 Å². The van der Waals surface area contributed by atoms with Crippen LogP contribution in [0.1, 0.15) is 22.3 Å². The van der Waals surface area contributed by atoms with Gasteiger partial charge in [-0.05, 0) is 68.1 Å². The van der Waals surface area contributed by atoms with Crippen LogP contribution < -0.4 is 5.32 Å². The standard InChI is InChI=1S/C18H21F2N/c1-12-4-5-14(6-13(12)2)9-18(21-3)10-15-7-16(19)11-17(20)8-15/h4-8,11,18,21H,9-10H2,1-3H3. The van der Waals surface area contributed by atoms with Crippen molar-refractivity contribution < 1.29 is 8.78 Å². The summed E-state index contributed by atoms with van der Waals surface area (Å²) in [5.74, 6) is -1.04. The predicted octanol–water partition coefficient (Wildman–Crippen LogP) is 3.95. The van der Waals surface area contributed by atoms with Gasteiger partial charge in [0.25, 0.3) is 0 Å². The molecule has 112 valence electrons. The zero-order valence-electron chi connectivity index (χ0n) is 12.7. The smallest absolute Gasteiger partial charge is 0.126 e. The highest BCUT2D eigenvalue weighted by Crippen LogP contribution is 2.15. The van der Waals surface area contributed by atoms with Gasteiger partial charge in [0.15, 0.2) is 0 Å². The Morgan fingerprint density at radius 2 is 1.48 bits per heavy atom. The fraction of sp³-hybridized carbons (Fsp3) is 0.333. The van der Waals surface area contributed by atoms with Gasteiger partial charge in [-0.2, -0.15) is 0 Å². The summed E-state index contributed by atoms with van der Waals surface area (Å²) < 4.78 is 26.5. The Balaban J connectivity index is 2.10. The molecule has 0 saturated carbocycles. The number of benzene rings is 2. The second-order valence-corrected chi connectivity index (χ2v) is 5.59. The Morgan fingerprint density at radius 3 is 2.05 bits per heavy atom. The quantitative estimate of drug-likeness (QED) is 0.878. The van der Waals surface area contributed by atoms with E-state index in [-0.39, 0.29) is 6.04 Å². The first-order valence-corrected chi connectivity index (χ1v) is 7.16. The molecule has 0 fully saturated rings. The molecule has 0 bridgehead atoms. The van der Waals surface area contributed by atoms with Crippen LogP contribution in [0.4, 0.5) is 8.78 Å². The maximum absolute atomic E-state index is 13.2. The van der Waals surface area contributed by atoms with E-state index in [9.17, 15) is 8.78 Å². The molecule has 3 heteroatoms. The van der Waals surface area contributed by atoms with Crippen LogP contribution in [0.3, 0.4) is 0 Å². The molecule has 0 aliphatic carbocycles. The van der Waals surface area contributed by atoms with Crippen molar-refractivity contribution in [3.8, 4) is 0 Å². The van der Waals surface area contributed by atoms with Crippen molar-refractivity contribution in [2.75, 3.05) is 7.05 Å². The fourth-order valence-corrected chi connectivity index (χ4v) is 2.50. The van der Waals surface area contributed by atoms with E-state index in [0.717, 1.165) is 12.5 Å². The summed E-state index contributed by atoms with van der Waals surface area (Å²) in [5.41, 5.74) is 4.44. The predicted molar refractivity (Wildman–Crippen MR) is 82.5 cm³/mol. The largest absolute Gasteiger partial charge is 0.316 e. The van der Waals surface area contributed by atoms with Gasteiger partial charge in [0, 0.05) is 12.1 Å². The van der Waals surface area contributed by atoms with Crippen molar-refractivity contribution in [3.63, 3.8) is 0 Å². The van der Waals surface area contributed by atoms with E-state index < -0.39 is 11.6 Å². The molecule has 0 heterocycles. The summed E-state index contributed by atoms with van der Waals surface area (Å²) in [4.78, 5) is 0. The van der Waals surface area contributed by atoms with Crippen molar-refractivity contribution in [1.29, 1.82) is 0 Å². The summed E-state index contributed by atoms with van der Waals surface area (Å²) in [5, 5.41) is 3.23. The lowest BCUT2D eigenvalue weighted by molar-refractivity contribution is 0.543. The first-order chi connectivity index (χ1) is 9.97. The van der Waals surface area contributed by atoms with Crippen LogP contribution in [0.2, 0.25) is 0 Å². The molecular formula is C18H21F2N. The van der Waals surface area contributed by atoms with Crippen LogP contribution in [0.15, 0.2) is 36.4 Å². The van der Waals surface area contributed by atoms with Crippen LogP contribution in [0.25, 0.3) is 0 Å².